The molecular formula is C23H29N5O2. The Hall–Kier alpha value is -3.19. The van der Waals surface area contributed by atoms with Gasteiger partial charge in [-0.2, -0.15) is 0 Å². The summed E-state index contributed by atoms with van der Waals surface area (Å²) in [5.74, 6) is 1.73. The Morgan fingerprint density at radius 3 is 2.67 bits per heavy atom. The molecule has 7 heteroatoms. The lowest BCUT2D eigenvalue weighted by Crippen LogP contribution is -2.29. The summed E-state index contributed by atoms with van der Waals surface area (Å²) in [4.78, 5) is 22.1. The van der Waals surface area contributed by atoms with E-state index in [1.807, 2.05) is 51.2 Å². The summed E-state index contributed by atoms with van der Waals surface area (Å²) < 4.78 is 1.49. The first-order valence-corrected chi connectivity index (χ1v) is 10.1. The molecule has 30 heavy (non-hydrogen) atoms. The molecule has 0 amide bonds. The monoisotopic (exact) mass is 407 g/mol. The molecule has 0 aromatic carbocycles. The fraction of sp³-hybridized carbons (Fsp3) is 0.348. The van der Waals surface area contributed by atoms with E-state index in [1.165, 1.54) is 4.57 Å². The molecule has 0 unspecified atom stereocenters. The van der Waals surface area contributed by atoms with Crippen molar-refractivity contribution in [3.05, 3.63) is 58.7 Å². The second kappa shape index (κ2) is 8.67. The third-order valence-electron chi connectivity index (χ3n) is 4.67. The van der Waals surface area contributed by atoms with Crippen molar-refractivity contribution in [3.63, 3.8) is 0 Å². The van der Waals surface area contributed by atoms with Gasteiger partial charge in [-0.15, -0.1) is 0 Å². The number of pyridine rings is 3. The number of aryl methyl sites for hydroxylation is 1. The minimum Gasteiger partial charge on any atom is -0.395 e. The summed E-state index contributed by atoms with van der Waals surface area (Å²) >= 11 is 0. The number of nitrogens with zero attached hydrogens (tertiary/aromatic N) is 3. The molecule has 3 aromatic heterocycles. The Kier molecular flexibility index (Phi) is 6.22. The Balaban J connectivity index is 2.11. The molecule has 0 aliphatic heterocycles. The summed E-state index contributed by atoms with van der Waals surface area (Å²) in [6.45, 7) is 12.1. The molecule has 3 N–H and O–H groups in total. The first kappa shape index (κ1) is 21.5. The van der Waals surface area contributed by atoms with E-state index >= 15 is 0 Å². The highest BCUT2D eigenvalue weighted by Gasteiger charge is 2.17. The van der Waals surface area contributed by atoms with Gasteiger partial charge in [0, 0.05) is 24.5 Å². The summed E-state index contributed by atoms with van der Waals surface area (Å²) in [6, 6.07) is 5.63. The van der Waals surface area contributed by atoms with E-state index in [-0.39, 0.29) is 24.2 Å². The number of hydrogen-bond acceptors (Lipinski definition) is 6. The van der Waals surface area contributed by atoms with Gasteiger partial charge in [-0.05, 0) is 61.9 Å². The van der Waals surface area contributed by atoms with E-state index < -0.39 is 0 Å². The summed E-state index contributed by atoms with van der Waals surface area (Å²) in [7, 11) is 0. The molecular weight excluding hydrogens is 378 g/mol. The summed E-state index contributed by atoms with van der Waals surface area (Å²) in [5.41, 5.74) is 1.67. The molecule has 0 aliphatic rings. The fourth-order valence-corrected chi connectivity index (χ4v) is 3.28. The number of aliphatic hydroxyl groups is 1. The predicted octanol–water partition coefficient (Wildman–Crippen LogP) is 3.94. The summed E-state index contributed by atoms with van der Waals surface area (Å²) in [6.07, 6.45) is 6.22. The van der Waals surface area contributed by atoms with Crippen molar-refractivity contribution in [1.82, 2.24) is 14.5 Å². The van der Waals surface area contributed by atoms with Crippen molar-refractivity contribution < 1.29 is 5.11 Å². The average Bonchev–Trinajstić information content (AvgIpc) is 2.68. The molecule has 0 atom stereocenters. The molecule has 0 fully saturated rings. The average molecular weight is 408 g/mol. The molecule has 0 saturated carbocycles. The first-order chi connectivity index (χ1) is 14.3. The van der Waals surface area contributed by atoms with Gasteiger partial charge < -0.3 is 20.3 Å². The van der Waals surface area contributed by atoms with E-state index in [0.717, 1.165) is 22.9 Å². The van der Waals surface area contributed by atoms with Crippen LogP contribution in [0.3, 0.4) is 0 Å². The van der Waals surface area contributed by atoms with Crippen LogP contribution in [0.1, 0.15) is 38.8 Å². The summed E-state index contributed by atoms with van der Waals surface area (Å²) in [5, 5.41) is 17.1. The topological polar surface area (TPSA) is 92.1 Å². The molecule has 0 aliphatic carbocycles. The van der Waals surface area contributed by atoms with Crippen LogP contribution in [0, 0.1) is 0 Å². The molecule has 0 saturated heterocycles. The first-order valence-electron chi connectivity index (χ1n) is 10.1. The van der Waals surface area contributed by atoms with Gasteiger partial charge in [0.2, 0.25) is 0 Å². The standard InChI is InChI=1S/C23H29N5O2/c1-6-15-12-18(24-14-16(15)7-2)25-19-13-17-8-9-28(10-11-29)22(30)20(17)21(26-19)27-23(3,4)5/h6,8-9,12-14,29H,1,7,10-11H2,2-5H3,(H2,24,25,26,27). The molecule has 0 radical (unpaired) electrons. The zero-order chi connectivity index (χ0) is 21.9. The maximum absolute atomic E-state index is 13.0. The van der Waals surface area contributed by atoms with Crippen molar-refractivity contribution in [2.75, 3.05) is 17.2 Å². The third-order valence-corrected chi connectivity index (χ3v) is 4.67. The quantitative estimate of drug-likeness (QED) is 0.549. The van der Waals surface area contributed by atoms with Gasteiger partial charge in [0.25, 0.3) is 5.56 Å². The smallest absolute Gasteiger partial charge is 0.262 e. The third kappa shape index (κ3) is 4.68. The molecule has 0 bridgehead atoms. The highest BCUT2D eigenvalue weighted by atomic mass is 16.3. The van der Waals surface area contributed by atoms with Gasteiger partial charge in [-0.1, -0.05) is 19.6 Å². The molecule has 0 spiro atoms. The lowest BCUT2D eigenvalue weighted by Gasteiger charge is -2.23. The Morgan fingerprint density at radius 1 is 1.27 bits per heavy atom. The van der Waals surface area contributed by atoms with Gasteiger partial charge in [0.05, 0.1) is 12.0 Å². The minimum atomic E-state index is -0.292. The second-order valence-electron chi connectivity index (χ2n) is 8.18. The van der Waals surface area contributed by atoms with Crippen LogP contribution in [0.5, 0.6) is 0 Å². The van der Waals surface area contributed by atoms with E-state index in [2.05, 4.69) is 34.1 Å². The van der Waals surface area contributed by atoms with Crippen LogP contribution >= 0.6 is 0 Å². The lowest BCUT2D eigenvalue weighted by atomic mass is 10.1. The maximum atomic E-state index is 13.0. The number of rotatable bonds is 7. The normalized spacial score (nSPS) is 11.5. The Morgan fingerprint density at radius 2 is 2.03 bits per heavy atom. The number of fused-ring (bicyclic) bond motifs is 1. The van der Waals surface area contributed by atoms with Crippen molar-refractivity contribution in [2.24, 2.45) is 0 Å². The predicted molar refractivity (Wildman–Crippen MR) is 123 cm³/mol. The number of nitrogens with one attached hydrogen (secondary N) is 2. The second-order valence-corrected chi connectivity index (χ2v) is 8.18. The van der Waals surface area contributed by atoms with Gasteiger partial charge in [0.1, 0.15) is 17.5 Å². The highest BCUT2D eigenvalue weighted by molar-refractivity contribution is 5.93. The Labute approximate surface area is 176 Å². The van der Waals surface area contributed by atoms with Crippen molar-refractivity contribution in [1.29, 1.82) is 0 Å². The number of anilines is 3. The van der Waals surface area contributed by atoms with Crippen LogP contribution in [0.25, 0.3) is 16.8 Å². The molecule has 7 nitrogen and oxygen atoms in total. The van der Waals surface area contributed by atoms with Gasteiger partial charge in [-0.3, -0.25) is 4.79 Å². The lowest BCUT2D eigenvalue weighted by molar-refractivity contribution is 0.274. The van der Waals surface area contributed by atoms with Crippen LogP contribution in [0.15, 0.2) is 42.0 Å². The van der Waals surface area contributed by atoms with Gasteiger partial charge >= 0.3 is 0 Å². The minimum absolute atomic E-state index is 0.106. The van der Waals surface area contributed by atoms with Crippen LogP contribution in [0.4, 0.5) is 17.5 Å². The van der Waals surface area contributed by atoms with Crippen molar-refractivity contribution in [2.45, 2.75) is 46.2 Å². The molecule has 3 heterocycles. The maximum Gasteiger partial charge on any atom is 0.262 e. The SMILES string of the molecule is C=Cc1cc(Nc2cc3ccn(CCO)c(=O)c3c(NC(C)(C)C)n2)ncc1CC. The number of aliphatic hydroxyl groups excluding tert-OH is 1. The fourth-order valence-electron chi connectivity index (χ4n) is 3.28. The van der Waals surface area contributed by atoms with Crippen LogP contribution in [-0.2, 0) is 13.0 Å². The molecule has 3 aromatic rings. The molecule has 158 valence electrons. The largest absolute Gasteiger partial charge is 0.395 e. The van der Waals surface area contributed by atoms with Crippen LogP contribution in [-0.4, -0.2) is 31.8 Å². The van der Waals surface area contributed by atoms with Crippen molar-refractivity contribution >= 4 is 34.3 Å². The number of hydrogen-bond donors (Lipinski definition) is 3. The van der Waals surface area contributed by atoms with Gasteiger partial charge in [-0.25, -0.2) is 9.97 Å². The van der Waals surface area contributed by atoms with E-state index in [0.29, 0.717) is 22.8 Å². The molecule has 3 rings (SSSR count). The van der Waals surface area contributed by atoms with E-state index in [9.17, 15) is 9.90 Å². The van der Waals surface area contributed by atoms with E-state index in [4.69, 9.17) is 0 Å². The van der Waals surface area contributed by atoms with Crippen LogP contribution in [0.2, 0.25) is 0 Å². The zero-order valence-corrected chi connectivity index (χ0v) is 18.0. The van der Waals surface area contributed by atoms with Crippen molar-refractivity contribution in [3.8, 4) is 0 Å². The van der Waals surface area contributed by atoms with Crippen LogP contribution < -0.4 is 16.2 Å². The van der Waals surface area contributed by atoms with Gasteiger partial charge in [0.15, 0.2) is 0 Å². The highest BCUT2D eigenvalue weighted by Crippen LogP contribution is 2.26. The zero-order valence-electron chi connectivity index (χ0n) is 18.0. The number of aromatic nitrogens is 3. The Bertz CT molecular complexity index is 1130. The van der Waals surface area contributed by atoms with E-state index in [1.54, 1.807) is 6.20 Å².